The molecule has 0 aromatic heterocycles. The van der Waals surface area contributed by atoms with Crippen molar-refractivity contribution >= 4 is 44.3 Å². The van der Waals surface area contributed by atoms with Crippen LogP contribution in [-0.4, -0.2) is 53.0 Å². The van der Waals surface area contributed by atoms with Crippen molar-refractivity contribution in [2.75, 3.05) is 18.0 Å². The minimum absolute atomic E-state index is 0.107. The summed E-state index contributed by atoms with van der Waals surface area (Å²) in [6.07, 6.45) is 16.8. The summed E-state index contributed by atoms with van der Waals surface area (Å²) in [6, 6.07) is 9.01. The molecule has 0 radical (unpaired) electrons. The maximum atomic E-state index is 11.9. The van der Waals surface area contributed by atoms with Gasteiger partial charge in [-0.1, -0.05) is 51.2 Å². The second-order valence-electron chi connectivity index (χ2n) is 15.8. The molecule has 0 unspecified atom stereocenters. The van der Waals surface area contributed by atoms with E-state index in [9.17, 15) is 17.8 Å². The van der Waals surface area contributed by atoms with Gasteiger partial charge in [0.05, 0.1) is 15.8 Å². The van der Waals surface area contributed by atoms with Crippen LogP contribution in [0.4, 0.5) is 11.4 Å². The lowest BCUT2D eigenvalue weighted by Crippen LogP contribution is -2.45. The fraction of sp³-hybridized carbons (Fsp3) is 0.429. The van der Waals surface area contributed by atoms with E-state index in [-0.39, 0.29) is 22.3 Å². The summed E-state index contributed by atoms with van der Waals surface area (Å²) in [5, 5.41) is 9.05. The molecular weight excluding hydrogens is 661 g/mol. The predicted octanol–water partition coefficient (Wildman–Crippen LogP) is 9.15. The first-order valence-electron chi connectivity index (χ1n) is 17.8. The Morgan fingerprint density at radius 1 is 1.02 bits per heavy atom. The minimum Gasteiger partial charge on any atom is -0.744 e. The molecule has 0 atom stereocenters. The van der Waals surface area contributed by atoms with Gasteiger partial charge < -0.3 is 19.3 Å². The molecule has 0 amide bonds. The first-order chi connectivity index (χ1) is 23.8. The van der Waals surface area contributed by atoms with Gasteiger partial charge in [-0.3, -0.25) is 4.79 Å². The third-order valence-electron chi connectivity index (χ3n) is 10.1. The average Bonchev–Trinajstić information content (AvgIpc) is 3.23. The van der Waals surface area contributed by atoms with E-state index in [1.165, 1.54) is 29.0 Å². The average molecular weight is 713 g/mol. The molecule has 8 nitrogen and oxygen atoms in total. The number of fused-ring (bicyclic) bond motifs is 3. The molecule has 0 fully saturated rings. The Balaban J connectivity index is 1.50. The first-order valence-corrected chi connectivity index (χ1v) is 19.2. The van der Waals surface area contributed by atoms with E-state index >= 15 is 0 Å². The normalized spacial score (nSPS) is 18.9. The summed E-state index contributed by atoms with van der Waals surface area (Å²) in [5.41, 5.74) is 7.45. The van der Waals surface area contributed by atoms with Crippen LogP contribution in [0.15, 0.2) is 83.5 Å². The van der Waals surface area contributed by atoms with Crippen LogP contribution in [0.3, 0.4) is 0 Å². The molecule has 9 heteroatoms. The fourth-order valence-corrected chi connectivity index (χ4v) is 8.01. The summed E-state index contributed by atoms with van der Waals surface area (Å²) in [6.45, 7) is 20.9. The lowest BCUT2D eigenvalue weighted by atomic mass is 9.81. The Morgan fingerprint density at radius 2 is 1.75 bits per heavy atom. The zero-order valence-electron chi connectivity index (χ0n) is 31.5. The van der Waals surface area contributed by atoms with E-state index < -0.39 is 21.5 Å². The number of aliphatic carboxylic acids is 1. The molecule has 3 aliphatic heterocycles. The Bertz CT molecular complexity index is 2030. The number of ether oxygens (including phenoxy) is 1. The van der Waals surface area contributed by atoms with Crippen LogP contribution in [0.25, 0.3) is 11.1 Å². The maximum Gasteiger partial charge on any atom is 0.303 e. The second kappa shape index (κ2) is 14.1. The van der Waals surface area contributed by atoms with Gasteiger partial charge in [0.1, 0.15) is 28.2 Å². The highest BCUT2D eigenvalue weighted by molar-refractivity contribution is 7.85. The summed E-state index contributed by atoms with van der Waals surface area (Å²) < 4.78 is 44.5. The Hall–Kier alpha value is -4.21. The molecule has 272 valence electrons. The molecule has 2 aromatic carbocycles. The highest BCUT2D eigenvalue weighted by atomic mass is 32.2. The van der Waals surface area contributed by atoms with Crippen LogP contribution in [0.5, 0.6) is 5.75 Å². The molecule has 51 heavy (non-hydrogen) atoms. The van der Waals surface area contributed by atoms with E-state index in [1.54, 1.807) is 6.07 Å². The third-order valence-corrected chi connectivity index (χ3v) is 11.0. The molecule has 0 saturated carbocycles. The molecule has 0 saturated heterocycles. The van der Waals surface area contributed by atoms with Crippen LogP contribution in [-0.2, 0) is 20.3 Å². The van der Waals surface area contributed by atoms with E-state index in [1.807, 2.05) is 38.2 Å². The number of carboxylic acid groups (broad SMARTS) is 1. The molecule has 0 spiro atoms. The number of anilines is 1. The first kappa shape index (κ1) is 38.0. The number of carbonyl (C=O) groups is 1. The van der Waals surface area contributed by atoms with Crippen molar-refractivity contribution in [3.63, 3.8) is 0 Å². The van der Waals surface area contributed by atoms with Crippen molar-refractivity contribution < 1.29 is 32.2 Å². The lowest BCUT2D eigenvalue weighted by molar-refractivity contribution is -0.438. The number of nitrogens with zero attached hydrogens (tertiary/aromatic N) is 2. The molecule has 0 aliphatic carbocycles. The monoisotopic (exact) mass is 712 g/mol. The SMILES string of the molecule is CCN1c2cc3c(cc2C(C)=CC1(C)C)/C(=C/C=C/C=C/C1=[N+](CCCCCC(=O)O)c2ccc(S(=O)(=O)[O-])cc2C1(C)C)C=C(C(C)(C)C)O3. The fourth-order valence-electron chi connectivity index (χ4n) is 7.51. The van der Waals surface area contributed by atoms with Crippen LogP contribution >= 0.6 is 0 Å². The topological polar surface area (TPSA) is 110 Å². The van der Waals surface area contributed by atoms with Crippen molar-refractivity contribution in [3.05, 3.63) is 95.3 Å². The molecular formula is C42H52N2O6S. The van der Waals surface area contributed by atoms with Crippen LogP contribution in [0.2, 0.25) is 0 Å². The van der Waals surface area contributed by atoms with Crippen LogP contribution < -0.4 is 9.64 Å². The van der Waals surface area contributed by atoms with Gasteiger partial charge in [0.15, 0.2) is 5.71 Å². The standard InChI is InChI=1S/C42H52N2O6S/c1-10-44-35-26-36-32(25-31(35)28(2)27-41(44,6)7)29(23-38(50-36)40(3,4)5)17-13-11-14-18-37-42(8,9)33-24-30(51(47,48)49)20-21-34(33)43(37)22-16-12-15-19-39(45)46/h11,13-14,17-18,20-21,23-27H,10,12,15-16,19,22H2,1-9H3,(H-,45,46,47,48,49). The summed E-state index contributed by atoms with van der Waals surface area (Å²) in [7, 11) is -4.62. The number of hydrogen-bond acceptors (Lipinski definition) is 6. The Labute approximate surface area is 304 Å². The van der Waals surface area contributed by atoms with Gasteiger partial charge >= 0.3 is 5.97 Å². The number of benzene rings is 2. The molecule has 3 aliphatic rings. The number of carboxylic acids is 1. The van der Waals surface area contributed by atoms with Crippen LogP contribution in [0.1, 0.15) is 105 Å². The third kappa shape index (κ3) is 7.85. The minimum atomic E-state index is -4.62. The van der Waals surface area contributed by atoms with E-state index in [4.69, 9.17) is 9.84 Å². The van der Waals surface area contributed by atoms with Gasteiger partial charge in [0, 0.05) is 65.4 Å². The molecule has 5 rings (SSSR count). The van der Waals surface area contributed by atoms with Crippen molar-refractivity contribution in [1.29, 1.82) is 0 Å². The summed E-state index contributed by atoms with van der Waals surface area (Å²) in [5.74, 6) is 0.939. The molecule has 1 N–H and O–H groups in total. The van der Waals surface area contributed by atoms with Gasteiger partial charge in [-0.05, 0) is 89.8 Å². The van der Waals surface area contributed by atoms with E-state index in [0.29, 0.717) is 13.0 Å². The van der Waals surface area contributed by atoms with Gasteiger partial charge in [-0.15, -0.1) is 0 Å². The highest BCUT2D eigenvalue weighted by Crippen LogP contribution is 2.47. The van der Waals surface area contributed by atoms with Gasteiger partial charge in [0.2, 0.25) is 5.69 Å². The van der Waals surface area contributed by atoms with Gasteiger partial charge in [-0.25, -0.2) is 8.42 Å². The summed E-state index contributed by atoms with van der Waals surface area (Å²) >= 11 is 0. The number of likely N-dealkylation sites (N-methyl/N-ethyl adjacent to an activating group) is 1. The number of rotatable bonds is 11. The second-order valence-corrected chi connectivity index (χ2v) is 17.2. The molecule has 0 bridgehead atoms. The lowest BCUT2D eigenvalue weighted by Gasteiger charge is -2.43. The largest absolute Gasteiger partial charge is 0.744 e. The van der Waals surface area contributed by atoms with Crippen molar-refractivity contribution in [3.8, 4) is 5.75 Å². The van der Waals surface area contributed by atoms with E-state index in [0.717, 1.165) is 59.0 Å². The van der Waals surface area contributed by atoms with Gasteiger partial charge in [-0.2, -0.15) is 4.58 Å². The highest BCUT2D eigenvalue weighted by Gasteiger charge is 2.44. The summed E-state index contributed by atoms with van der Waals surface area (Å²) in [4.78, 5) is 13.2. The maximum absolute atomic E-state index is 11.9. The van der Waals surface area contributed by atoms with E-state index in [2.05, 4.69) is 88.3 Å². The zero-order valence-corrected chi connectivity index (χ0v) is 32.3. The van der Waals surface area contributed by atoms with Crippen molar-refractivity contribution in [2.24, 2.45) is 5.41 Å². The quantitative estimate of drug-likeness (QED) is 0.107. The molecule has 2 aromatic rings. The number of hydrogen-bond donors (Lipinski definition) is 1. The zero-order chi connectivity index (χ0) is 37.5. The van der Waals surface area contributed by atoms with Gasteiger partial charge in [0.25, 0.3) is 0 Å². The van der Waals surface area contributed by atoms with Crippen LogP contribution in [0, 0.1) is 5.41 Å². The number of allylic oxidation sites excluding steroid dienone is 9. The molecule has 3 heterocycles. The number of unbranched alkanes of at least 4 members (excludes halogenated alkanes) is 2. The smallest absolute Gasteiger partial charge is 0.303 e. The predicted molar refractivity (Wildman–Crippen MR) is 205 cm³/mol. The Kier molecular flexibility index (Phi) is 10.5. The van der Waals surface area contributed by atoms with Crippen molar-refractivity contribution in [2.45, 2.75) is 104 Å². The Morgan fingerprint density at radius 3 is 2.39 bits per heavy atom. The van der Waals surface area contributed by atoms with Crippen molar-refractivity contribution in [1.82, 2.24) is 0 Å².